The molecule has 0 radical (unpaired) electrons. The molecule has 2 heterocycles. The zero-order valence-electron chi connectivity index (χ0n) is 20.5. The van der Waals surface area contributed by atoms with Crippen molar-refractivity contribution < 1.29 is 19.4 Å². The van der Waals surface area contributed by atoms with Crippen LogP contribution in [0.15, 0.2) is 36.5 Å². The third-order valence-corrected chi connectivity index (χ3v) is 7.13. The molecule has 2 aliphatic rings. The normalized spacial score (nSPS) is 21.0. The summed E-state index contributed by atoms with van der Waals surface area (Å²) in [4.78, 5) is 34.2. The van der Waals surface area contributed by atoms with Crippen molar-refractivity contribution in [1.29, 1.82) is 5.26 Å². The van der Waals surface area contributed by atoms with Crippen molar-refractivity contribution in [3.63, 3.8) is 0 Å². The lowest BCUT2D eigenvalue weighted by Crippen LogP contribution is -2.51. The number of aromatic nitrogens is 1. The van der Waals surface area contributed by atoms with E-state index in [1.807, 2.05) is 19.9 Å². The summed E-state index contributed by atoms with van der Waals surface area (Å²) in [7, 11) is 1.80. The second-order valence-corrected chi connectivity index (χ2v) is 9.74. The average Bonchev–Trinajstić information content (AvgIpc) is 2.84. The molecular weight excluding hydrogens is 444 g/mol. The van der Waals surface area contributed by atoms with Gasteiger partial charge in [-0.15, -0.1) is 0 Å². The van der Waals surface area contributed by atoms with Crippen molar-refractivity contribution in [3.8, 4) is 23.1 Å². The first-order valence-corrected chi connectivity index (χ1v) is 12.2. The van der Waals surface area contributed by atoms with E-state index in [9.17, 15) is 20.0 Å². The number of ether oxygens (including phenoxy) is 1. The van der Waals surface area contributed by atoms with Crippen LogP contribution in [0.1, 0.15) is 49.0 Å². The lowest BCUT2D eigenvalue weighted by Gasteiger charge is -2.38. The summed E-state index contributed by atoms with van der Waals surface area (Å²) in [5.74, 6) is 0.0783. The highest BCUT2D eigenvalue weighted by molar-refractivity contribution is 5.98. The number of hydrogen-bond donors (Lipinski definition) is 1. The van der Waals surface area contributed by atoms with Crippen molar-refractivity contribution in [2.45, 2.75) is 45.3 Å². The molecule has 2 amide bonds. The number of carbonyl (C=O) groups is 2. The number of rotatable bonds is 6. The molecule has 0 spiro atoms. The molecular formula is C27H32N4O4. The molecule has 3 atom stereocenters. The Hall–Kier alpha value is -3.44. The van der Waals surface area contributed by atoms with Gasteiger partial charge in [-0.05, 0) is 43.5 Å². The van der Waals surface area contributed by atoms with Gasteiger partial charge in [-0.1, -0.05) is 25.5 Å². The van der Waals surface area contributed by atoms with E-state index in [2.05, 4.69) is 11.1 Å². The number of fused-ring (bicyclic) bond motifs is 1. The lowest BCUT2D eigenvalue weighted by molar-refractivity contribution is -0.138. The van der Waals surface area contributed by atoms with Gasteiger partial charge in [0, 0.05) is 37.2 Å². The topological polar surface area (TPSA) is 107 Å². The summed E-state index contributed by atoms with van der Waals surface area (Å²) in [5.41, 5.74) is 2.28. The Kier molecular flexibility index (Phi) is 7.37. The first-order chi connectivity index (χ1) is 16.8. The quantitative estimate of drug-likeness (QED) is 0.687. The fourth-order valence-electron chi connectivity index (χ4n) is 4.57. The molecule has 1 N–H and O–H groups in total. The minimum absolute atomic E-state index is 0.0912. The molecule has 35 heavy (non-hydrogen) atoms. The van der Waals surface area contributed by atoms with E-state index < -0.39 is 6.04 Å². The number of carbonyl (C=O) groups excluding carboxylic acids is 2. The number of likely N-dealkylation sites (N-methyl/N-ethyl adjacent to an activating group) is 1. The number of amides is 2. The van der Waals surface area contributed by atoms with Crippen molar-refractivity contribution in [1.82, 2.24) is 14.8 Å². The molecule has 2 aromatic rings. The molecule has 4 rings (SSSR count). The van der Waals surface area contributed by atoms with Crippen LogP contribution in [0, 0.1) is 23.2 Å². The molecule has 1 aliphatic carbocycles. The van der Waals surface area contributed by atoms with Gasteiger partial charge >= 0.3 is 0 Å². The lowest BCUT2D eigenvalue weighted by atomic mass is 9.84. The highest BCUT2D eigenvalue weighted by Crippen LogP contribution is 2.32. The van der Waals surface area contributed by atoms with Crippen LogP contribution in [0.2, 0.25) is 0 Å². The number of benzene rings is 1. The smallest absolute Gasteiger partial charge is 0.259 e. The van der Waals surface area contributed by atoms with Crippen LogP contribution >= 0.6 is 0 Å². The maximum Gasteiger partial charge on any atom is 0.259 e. The maximum absolute atomic E-state index is 13.6. The van der Waals surface area contributed by atoms with Crippen LogP contribution in [-0.2, 0) is 4.79 Å². The van der Waals surface area contributed by atoms with E-state index in [1.165, 1.54) is 0 Å². The molecule has 0 unspecified atom stereocenters. The summed E-state index contributed by atoms with van der Waals surface area (Å²) >= 11 is 0. The fraction of sp³-hybridized carbons (Fsp3) is 0.481. The third kappa shape index (κ3) is 5.15. The number of nitriles is 1. The average molecular weight is 477 g/mol. The zero-order valence-corrected chi connectivity index (χ0v) is 20.5. The number of nitrogens with zero attached hydrogens (tertiary/aromatic N) is 4. The highest BCUT2D eigenvalue weighted by Gasteiger charge is 2.36. The van der Waals surface area contributed by atoms with Crippen LogP contribution in [0.25, 0.3) is 11.1 Å². The van der Waals surface area contributed by atoms with Crippen LogP contribution < -0.4 is 4.74 Å². The van der Waals surface area contributed by atoms with E-state index in [4.69, 9.17) is 4.74 Å². The van der Waals surface area contributed by atoms with Crippen molar-refractivity contribution in [2.24, 2.45) is 11.8 Å². The Morgan fingerprint density at radius 2 is 2.11 bits per heavy atom. The first-order valence-electron chi connectivity index (χ1n) is 12.2. The second-order valence-electron chi connectivity index (χ2n) is 9.74. The molecule has 1 saturated carbocycles. The molecule has 184 valence electrons. The van der Waals surface area contributed by atoms with Crippen molar-refractivity contribution >= 4 is 11.8 Å². The van der Waals surface area contributed by atoms with Gasteiger partial charge in [-0.3, -0.25) is 9.59 Å². The summed E-state index contributed by atoms with van der Waals surface area (Å²) in [6, 6.07) is 10.6. The Labute approximate surface area is 206 Å². The summed E-state index contributed by atoms with van der Waals surface area (Å²) in [6.45, 7) is 4.39. The Morgan fingerprint density at radius 3 is 2.77 bits per heavy atom. The summed E-state index contributed by atoms with van der Waals surface area (Å²) in [6.07, 6.45) is 4.22. The fourth-order valence-corrected chi connectivity index (χ4v) is 4.57. The molecule has 1 fully saturated rings. The summed E-state index contributed by atoms with van der Waals surface area (Å²) in [5, 5.41) is 19.1. The second kappa shape index (κ2) is 10.4. The maximum atomic E-state index is 13.6. The molecule has 0 saturated heterocycles. The molecule has 0 bridgehead atoms. The highest BCUT2D eigenvalue weighted by atomic mass is 16.5. The largest absolute Gasteiger partial charge is 0.472 e. The van der Waals surface area contributed by atoms with Gasteiger partial charge in [0.05, 0.1) is 30.8 Å². The van der Waals surface area contributed by atoms with E-state index in [1.54, 1.807) is 47.3 Å². The molecule has 1 aliphatic heterocycles. The number of aliphatic hydroxyl groups is 1. The van der Waals surface area contributed by atoms with Crippen LogP contribution in [0.3, 0.4) is 0 Å². The van der Waals surface area contributed by atoms with Crippen molar-refractivity contribution in [2.75, 3.05) is 26.7 Å². The van der Waals surface area contributed by atoms with Crippen LogP contribution in [0.4, 0.5) is 0 Å². The predicted octanol–water partition coefficient (Wildman–Crippen LogP) is 3.10. The van der Waals surface area contributed by atoms with Gasteiger partial charge in [0.2, 0.25) is 11.8 Å². The van der Waals surface area contributed by atoms with E-state index in [0.717, 1.165) is 24.8 Å². The minimum Gasteiger partial charge on any atom is -0.472 e. The Bertz CT molecular complexity index is 1140. The predicted molar refractivity (Wildman–Crippen MR) is 131 cm³/mol. The molecule has 1 aromatic carbocycles. The van der Waals surface area contributed by atoms with Crippen LogP contribution in [0.5, 0.6) is 5.88 Å². The Balaban J connectivity index is 1.69. The SMILES string of the molecule is C[C@@H]1CN([C@@H](C)CO)C(=O)c2cc(-c3cccc(C#N)c3)cnc2O[C@H]1CN(C)C(=O)C1CCC1. The van der Waals surface area contributed by atoms with Gasteiger partial charge in [0.15, 0.2) is 0 Å². The van der Waals surface area contributed by atoms with E-state index >= 15 is 0 Å². The Morgan fingerprint density at radius 1 is 1.34 bits per heavy atom. The first kappa shape index (κ1) is 24.7. The van der Waals surface area contributed by atoms with E-state index in [0.29, 0.717) is 29.8 Å². The molecule has 8 nitrogen and oxygen atoms in total. The monoisotopic (exact) mass is 476 g/mol. The van der Waals surface area contributed by atoms with Crippen molar-refractivity contribution in [3.05, 3.63) is 47.7 Å². The van der Waals surface area contributed by atoms with Gasteiger partial charge in [0.25, 0.3) is 5.91 Å². The third-order valence-electron chi connectivity index (χ3n) is 7.13. The number of hydrogen-bond acceptors (Lipinski definition) is 6. The standard InChI is InChI=1S/C27H32N4O4/c1-17-14-31(18(2)16-32)27(34)23-11-22(21-9-4-6-19(10-21)12-28)13-29-25(23)35-24(17)15-30(3)26(33)20-7-5-8-20/h4,6,9-11,13,17-18,20,24,32H,5,7-8,14-16H2,1-3H3/t17-,18+,24+/m1/s1. The van der Waals surface area contributed by atoms with E-state index in [-0.39, 0.29) is 42.2 Å². The number of aliphatic hydroxyl groups excluding tert-OH is 1. The van der Waals surface area contributed by atoms with Gasteiger partial charge < -0.3 is 19.6 Å². The number of pyridine rings is 1. The van der Waals surface area contributed by atoms with Gasteiger partial charge in [-0.25, -0.2) is 4.98 Å². The molecule has 8 heteroatoms. The van der Waals surface area contributed by atoms with Gasteiger partial charge in [-0.2, -0.15) is 5.26 Å². The van der Waals surface area contributed by atoms with Gasteiger partial charge in [0.1, 0.15) is 11.7 Å². The van der Waals surface area contributed by atoms with Crippen LogP contribution in [-0.4, -0.2) is 70.6 Å². The minimum atomic E-state index is -0.392. The molecule has 1 aromatic heterocycles. The zero-order chi connectivity index (χ0) is 25.1. The summed E-state index contributed by atoms with van der Waals surface area (Å²) < 4.78 is 6.30.